The highest BCUT2D eigenvalue weighted by atomic mass is 16.5. The van der Waals surface area contributed by atoms with E-state index >= 15 is 0 Å². The fourth-order valence-electron chi connectivity index (χ4n) is 1.53. The van der Waals surface area contributed by atoms with Gasteiger partial charge in [-0.3, -0.25) is 0 Å². The van der Waals surface area contributed by atoms with Crippen LogP contribution >= 0.6 is 0 Å². The summed E-state index contributed by atoms with van der Waals surface area (Å²) in [5, 5.41) is 0. The van der Waals surface area contributed by atoms with Gasteiger partial charge in [-0.2, -0.15) is 0 Å². The Morgan fingerprint density at radius 1 is 1.32 bits per heavy atom. The average molecular weight is 256 g/mol. The Morgan fingerprint density at radius 3 is 2.84 bits per heavy atom. The number of rotatable bonds is 5. The van der Waals surface area contributed by atoms with E-state index in [9.17, 15) is 4.79 Å². The zero-order valence-corrected chi connectivity index (χ0v) is 11.6. The van der Waals surface area contributed by atoms with Crippen molar-refractivity contribution in [3.63, 3.8) is 0 Å². The summed E-state index contributed by atoms with van der Waals surface area (Å²) in [6.07, 6.45) is 6.37. The van der Waals surface area contributed by atoms with Crippen LogP contribution in [0.3, 0.4) is 0 Å². The lowest BCUT2D eigenvalue weighted by molar-refractivity contribution is -0.137. The minimum Gasteiger partial charge on any atom is -0.463 e. The van der Waals surface area contributed by atoms with Crippen LogP contribution in [0.4, 0.5) is 0 Å². The molecule has 0 fully saturated rings. The van der Waals surface area contributed by atoms with Crippen molar-refractivity contribution >= 4 is 12.0 Å². The summed E-state index contributed by atoms with van der Waals surface area (Å²) >= 11 is 0. The van der Waals surface area contributed by atoms with Crippen molar-refractivity contribution in [3.8, 4) is 11.8 Å². The van der Waals surface area contributed by atoms with Crippen molar-refractivity contribution < 1.29 is 9.53 Å². The van der Waals surface area contributed by atoms with Crippen molar-refractivity contribution in [2.24, 2.45) is 0 Å². The first-order valence-corrected chi connectivity index (χ1v) is 6.70. The maximum Gasteiger partial charge on any atom is 0.330 e. The van der Waals surface area contributed by atoms with E-state index in [2.05, 4.69) is 18.8 Å². The Bertz CT molecular complexity index is 489. The first kappa shape index (κ1) is 15.0. The predicted octanol–water partition coefficient (Wildman–Crippen LogP) is 3.80. The number of unbranched alkanes of at least 4 members (excludes halogenated alkanes) is 2. The molecule has 0 radical (unpaired) electrons. The summed E-state index contributed by atoms with van der Waals surface area (Å²) in [6.45, 7) is 4.33. The lowest BCUT2D eigenvalue weighted by Crippen LogP contribution is -1.98. The first-order chi connectivity index (χ1) is 9.27. The number of carbonyl (C=O) groups excluding carboxylic acids is 1. The number of esters is 1. The highest BCUT2D eigenvalue weighted by Gasteiger charge is 1.97. The molecule has 0 aliphatic heterocycles. The molecular formula is C17H20O2. The molecule has 0 atom stereocenters. The second kappa shape index (κ2) is 8.99. The largest absolute Gasteiger partial charge is 0.463 e. The number of carbonyl (C=O) groups is 1. The molecule has 0 unspecified atom stereocenters. The van der Waals surface area contributed by atoms with E-state index in [1.165, 1.54) is 6.08 Å². The third-order valence-corrected chi connectivity index (χ3v) is 2.52. The van der Waals surface area contributed by atoms with Crippen LogP contribution < -0.4 is 0 Å². The molecule has 1 aromatic carbocycles. The van der Waals surface area contributed by atoms with E-state index in [4.69, 9.17) is 4.74 Å². The van der Waals surface area contributed by atoms with Crippen molar-refractivity contribution in [2.75, 3.05) is 6.61 Å². The van der Waals surface area contributed by atoms with Crippen LogP contribution in [0.5, 0.6) is 0 Å². The first-order valence-electron chi connectivity index (χ1n) is 6.70. The summed E-state index contributed by atoms with van der Waals surface area (Å²) in [6, 6.07) is 7.79. The summed E-state index contributed by atoms with van der Waals surface area (Å²) in [7, 11) is 0. The smallest absolute Gasteiger partial charge is 0.330 e. The van der Waals surface area contributed by atoms with Crippen LogP contribution in [-0.2, 0) is 9.53 Å². The van der Waals surface area contributed by atoms with E-state index in [1.54, 1.807) is 13.0 Å². The third-order valence-electron chi connectivity index (χ3n) is 2.52. The maximum atomic E-state index is 11.3. The van der Waals surface area contributed by atoms with E-state index in [1.807, 2.05) is 24.3 Å². The van der Waals surface area contributed by atoms with Crippen molar-refractivity contribution in [3.05, 3.63) is 41.5 Å². The van der Waals surface area contributed by atoms with Crippen LogP contribution in [0.15, 0.2) is 30.3 Å². The monoisotopic (exact) mass is 256 g/mol. The molecule has 0 heterocycles. The van der Waals surface area contributed by atoms with Crippen molar-refractivity contribution in [1.29, 1.82) is 0 Å². The molecule has 19 heavy (non-hydrogen) atoms. The minimum atomic E-state index is -0.323. The Hall–Kier alpha value is -2.01. The molecule has 1 rings (SSSR count). The van der Waals surface area contributed by atoms with Crippen LogP contribution in [0.25, 0.3) is 6.08 Å². The molecule has 0 spiro atoms. The molecule has 0 saturated carbocycles. The Morgan fingerprint density at radius 2 is 2.11 bits per heavy atom. The van der Waals surface area contributed by atoms with Gasteiger partial charge in [0.05, 0.1) is 6.61 Å². The molecule has 1 aromatic rings. The van der Waals surface area contributed by atoms with Crippen LogP contribution in [0, 0.1) is 11.8 Å². The Kier molecular flexibility index (Phi) is 7.12. The molecule has 100 valence electrons. The summed E-state index contributed by atoms with van der Waals surface area (Å²) in [4.78, 5) is 11.3. The highest BCUT2D eigenvalue weighted by molar-refractivity contribution is 5.87. The summed E-state index contributed by atoms with van der Waals surface area (Å²) in [5.74, 6) is 5.98. The number of hydrogen-bond donors (Lipinski definition) is 0. The molecule has 2 nitrogen and oxygen atoms in total. The zero-order valence-electron chi connectivity index (χ0n) is 11.6. The van der Waals surface area contributed by atoms with Gasteiger partial charge in [-0.25, -0.2) is 4.79 Å². The van der Waals surface area contributed by atoms with Gasteiger partial charge < -0.3 is 4.74 Å². The van der Waals surface area contributed by atoms with Gasteiger partial charge >= 0.3 is 5.97 Å². The maximum absolute atomic E-state index is 11.3. The lowest BCUT2D eigenvalue weighted by Gasteiger charge is -1.98. The Balaban J connectivity index is 2.77. The number of ether oxygens (including phenoxy) is 1. The zero-order chi connectivity index (χ0) is 13.9. The average Bonchev–Trinajstić information content (AvgIpc) is 2.43. The third kappa shape index (κ3) is 5.92. The second-order valence-electron chi connectivity index (χ2n) is 4.08. The quantitative estimate of drug-likeness (QED) is 0.346. The van der Waals surface area contributed by atoms with Gasteiger partial charge in [0.15, 0.2) is 0 Å². The molecule has 0 aliphatic carbocycles. The molecular weight excluding hydrogens is 236 g/mol. The molecule has 0 aliphatic rings. The minimum absolute atomic E-state index is 0.323. The molecule has 0 saturated heterocycles. The van der Waals surface area contributed by atoms with Gasteiger partial charge in [-0.15, -0.1) is 0 Å². The van der Waals surface area contributed by atoms with Gasteiger partial charge in [-0.05, 0) is 31.1 Å². The number of hydrogen-bond acceptors (Lipinski definition) is 2. The van der Waals surface area contributed by atoms with Crippen LogP contribution in [-0.4, -0.2) is 12.6 Å². The second-order valence-corrected chi connectivity index (χ2v) is 4.08. The summed E-state index contributed by atoms with van der Waals surface area (Å²) < 4.78 is 4.85. The molecule has 0 bridgehead atoms. The van der Waals surface area contributed by atoms with E-state index < -0.39 is 0 Å². The van der Waals surface area contributed by atoms with Gasteiger partial charge in [0.1, 0.15) is 0 Å². The molecule has 0 aromatic heterocycles. The fourth-order valence-corrected chi connectivity index (χ4v) is 1.53. The predicted molar refractivity (Wildman–Crippen MR) is 78.5 cm³/mol. The van der Waals surface area contributed by atoms with Gasteiger partial charge in [-0.1, -0.05) is 43.4 Å². The van der Waals surface area contributed by atoms with Crippen molar-refractivity contribution in [2.45, 2.75) is 33.1 Å². The number of benzene rings is 1. The fraction of sp³-hybridized carbons (Fsp3) is 0.353. The van der Waals surface area contributed by atoms with Gasteiger partial charge in [0, 0.05) is 18.1 Å². The van der Waals surface area contributed by atoms with Crippen LogP contribution in [0.1, 0.15) is 44.2 Å². The normalized spacial score (nSPS) is 10.0. The Labute approximate surface area is 115 Å². The molecule has 0 amide bonds. The highest BCUT2D eigenvalue weighted by Crippen LogP contribution is 2.09. The lowest BCUT2D eigenvalue weighted by atomic mass is 10.1. The molecule has 0 N–H and O–H groups in total. The van der Waals surface area contributed by atoms with E-state index in [0.29, 0.717) is 6.61 Å². The van der Waals surface area contributed by atoms with Gasteiger partial charge in [0.2, 0.25) is 0 Å². The van der Waals surface area contributed by atoms with Gasteiger partial charge in [0.25, 0.3) is 0 Å². The standard InChI is InChI=1S/C17H20O2/c1-3-5-6-7-10-15-11-8-9-12-16(15)13-14-17(18)19-4-2/h8-9,11-14H,3-6H2,1-2H3/b14-13+. The SMILES string of the molecule is CCCCC#Cc1ccccc1/C=C/C(=O)OCC. The molecule has 2 heteroatoms. The topological polar surface area (TPSA) is 26.3 Å². The summed E-state index contributed by atoms with van der Waals surface area (Å²) in [5.41, 5.74) is 1.89. The van der Waals surface area contributed by atoms with E-state index in [-0.39, 0.29) is 5.97 Å². The van der Waals surface area contributed by atoms with Crippen LogP contribution in [0.2, 0.25) is 0 Å². The van der Waals surface area contributed by atoms with Crippen molar-refractivity contribution in [1.82, 2.24) is 0 Å². The van der Waals surface area contributed by atoms with E-state index in [0.717, 1.165) is 30.4 Å².